The molecule has 1 saturated carbocycles. The van der Waals surface area contributed by atoms with Crippen molar-refractivity contribution in [3.63, 3.8) is 0 Å². The Balaban J connectivity index is 0.00000338. The lowest BCUT2D eigenvalue weighted by atomic mass is 9.85. The first-order chi connectivity index (χ1) is 12.0. The molecule has 1 fully saturated rings. The minimum Gasteiger partial charge on any atom is -0.467 e. The molecule has 1 aliphatic carbocycles. The maximum Gasteiger partial charge on any atom is 0.230 e. The van der Waals surface area contributed by atoms with Gasteiger partial charge in [-0.15, -0.1) is 24.0 Å². The summed E-state index contributed by atoms with van der Waals surface area (Å²) >= 11 is 0. The van der Waals surface area contributed by atoms with E-state index in [1.165, 1.54) is 6.26 Å². The summed E-state index contributed by atoms with van der Waals surface area (Å²) in [5, 5.41) is 16.4. The summed E-state index contributed by atoms with van der Waals surface area (Å²) in [5.41, 5.74) is -0.397. The fourth-order valence-corrected chi connectivity index (χ4v) is 3.31. The number of carbonyl (C=O) groups excluding carboxylic acids is 1. The highest BCUT2D eigenvalue weighted by Gasteiger charge is 2.42. The zero-order chi connectivity index (χ0) is 18.3. The van der Waals surface area contributed by atoms with Crippen LogP contribution in [0.2, 0.25) is 0 Å². The summed E-state index contributed by atoms with van der Waals surface area (Å²) in [6.07, 6.45) is 4.67. The summed E-state index contributed by atoms with van der Waals surface area (Å²) in [5.74, 6) is 1.27. The molecule has 3 N–H and O–H groups in total. The molecule has 1 aromatic rings. The molecule has 1 aliphatic rings. The molecular formula is C18H31IN4O3. The van der Waals surface area contributed by atoms with Crippen molar-refractivity contribution in [2.24, 2.45) is 10.4 Å². The first kappa shape index (κ1) is 22.8. The number of halogens is 1. The molecular weight excluding hydrogens is 447 g/mol. The maximum atomic E-state index is 12.6. The molecule has 1 aromatic heterocycles. The molecule has 0 radical (unpaired) electrons. The molecule has 8 heteroatoms. The van der Waals surface area contributed by atoms with Crippen molar-refractivity contribution >= 4 is 35.8 Å². The van der Waals surface area contributed by atoms with Gasteiger partial charge in [0.2, 0.25) is 5.91 Å². The number of aliphatic hydroxyl groups excluding tert-OH is 1. The smallest absolute Gasteiger partial charge is 0.230 e. The Hall–Kier alpha value is -1.29. The van der Waals surface area contributed by atoms with Crippen molar-refractivity contribution in [3.8, 4) is 0 Å². The second-order valence-corrected chi connectivity index (χ2v) is 6.79. The van der Waals surface area contributed by atoms with E-state index in [1.54, 1.807) is 31.1 Å². The maximum absolute atomic E-state index is 12.6. The van der Waals surface area contributed by atoms with Crippen LogP contribution in [0, 0.1) is 5.41 Å². The fourth-order valence-electron chi connectivity index (χ4n) is 3.31. The average Bonchev–Trinajstić information content (AvgIpc) is 3.28. The number of hydrogen-bond donors (Lipinski definition) is 3. The van der Waals surface area contributed by atoms with E-state index in [2.05, 4.69) is 15.6 Å². The molecule has 0 saturated heterocycles. The number of rotatable bonds is 7. The number of aliphatic imine (C=N–C) groups is 1. The number of guanidine groups is 1. The SMILES string of the molecule is CCNC(=NCC1(C(=O)N(C)C)CCCC1)NCC(O)c1ccco1.I. The zero-order valence-corrected chi connectivity index (χ0v) is 18.2. The van der Waals surface area contributed by atoms with Crippen LogP contribution in [0.5, 0.6) is 0 Å². The van der Waals surface area contributed by atoms with Crippen LogP contribution >= 0.6 is 24.0 Å². The monoisotopic (exact) mass is 478 g/mol. The van der Waals surface area contributed by atoms with E-state index in [0.717, 1.165) is 25.7 Å². The van der Waals surface area contributed by atoms with Gasteiger partial charge in [0.25, 0.3) is 0 Å². The first-order valence-corrected chi connectivity index (χ1v) is 8.94. The highest BCUT2D eigenvalue weighted by molar-refractivity contribution is 14.0. The van der Waals surface area contributed by atoms with Gasteiger partial charge in [0, 0.05) is 20.6 Å². The van der Waals surface area contributed by atoms with Gasteiger partial charge in [-0.3, -0.25) is 9.79 Å². The summed E-state index contributed by atoms with van der Waals surface area (Å²) in [7, 11) is 3.60. The molecule has 1 heterocycles. The van der Waals surface area contributed by atoms with Gasteiger partial charge in [0.05, 0.1) is 24.8 Å². The van der Waals surface area contributed by atoms with Crippen molar-refractivity contribution in [2.45, 2.75) is 38.7 Å². The quantitative estimate of drug-likeness (QED) is 0.318. The van der Waals surface area contributed by atoms with E-state index in [9.17, 15) is 9.90 Å². The van der Waals surface area contributed by atoms with Gasteiger partial charge in [-0.1, -0.05) is 12.8 Å². The van der Waals surface area contributed by atoms with Crippen LogP contribution < -0.4 is 10.6 Å². The van der Waals surface area contributed by atoms with Gasteiger partial charge in [-0.05, 0) is 31.9 Å². The number of aliphatic hydroxyl groups is 1. The van der Waals surface area contributed by atoms with Crippen molar-refractivity contribution in [2.75, 3.05) is 33.7 Å². The van der Waals surface area contributed by atoms with Crippen LogP contribution in [0.1, 0.15) is 44.5 Å². The van der Waals surface area contributed by atoms with Crippen molar-refractivity contribution in [3.05, 3.63) is 24.2 Å². The third-order valence-corrected chi connectivity index (χ3v) is 4.64. The predicted octanol–water partition coefficient (Wildman–Crippen LogP) is 2.13. The molecule has 0 bridgehead atoms. The largest absolute Gasteiger partial charge is 0.467 e. The lowest BCUT2D eigenvalue weighted by molar-refractivity contribution is -0.138. The van der Waals surface area contributed by atoms with E-state index >= 15 is 0 Å². The molecule has 7 nitrogen and oxygen atoms in total. The van der Waals surface area contributed by atoms with Gasteiger partial charge in [0.15, 0.2) is 5.96 Å². The first-order valence-electron chi connectivity index (χ1n) is 8.94. The number of nitrogens with zero attached hydrogens (tertiary/aromatic N) is 2. The fraction of sp³-hybridized carbons (Fsp3) is 0.667. The Kier molecular flexibility index (Phi) is 9.42. The summed E-state index contributed by atoms with van der Waals surface area (Å²) in [4.78, 5) is 18.9. The Morgan fingerprint density at radius 2 is 2.08 bits per heavy atom. The molecule has 0 aromatic carbocycles. The second kappa shape index (κ2) is 10.8. The van der Waals surface area contributed by atoms with Crippen molar-refractivity contribution in [1.82, 2.24) is 15.5 Å². The minimum absolute atomic E-state index is 0. The molecule has 1 amide bonds. The van der Waals surface area contributed by atoms with Crippen LogP contribution in [-0.2, 0) is 4.79 Å². The standard InChI is InChI=1S/C18H30N4O3.HI/c1-4-19-17(20-12-14(23)15-8-7-11-25-15)21-13-18(9-5-6-10-18)16(24)22(2)3;/h7-8,11,14,23H,4-6,9-10,12-13H2,1-3H3,(H2,19,20,21);1H. The molecule has 26 heavy (non-hydrogen) atoms. The number of hydrogen-bond acceptors (Lipinski definition) is 4. The van der Waals surface area contributed by atoms with E-state index in [4.69, 9.17) is 4.42 Å². The van der Waals surface area contributed by atoms with Gasteiger partial charge in [-0.25, -0.2) is 0 Å². The summed E-state index contributed by atoms with van der Waals surface area (Å²) in [6.45, 7) is 3.43. The minimum atomic E-state index is -0.747. The van der Waals surface area contributed by atoms with Gasteiger partial charge < -0.3 is 25.1 Å². The van der Waals surface area contributed by atoms with Gasteiger partial charge in [-0.2, -0.15) is 0 Å². The van der Waals surface area contributed by atoms with E-state index in [0.29, 0.717) is 24.8 Å². The van der Waals surface area contributed by atoms with E-state index < -0.39 is 11.5 Å². The topological polar surface area (TPSA) is 90.1 Å². The Labute approximate surface area is 172 Å². The van der Waals surface area contributed by atoms with Crippen molar-refractivity contribution in [1.29, 1.82) is 0 Å². The average molecular weight is 478 g/mol. The molecule has 148 valence electrons. The van der Waals surface area contributed by atoms with Crippen LogP contribution in [0.3, 0.4) is 0 Å². The Morgan fingerprint density at radius 1 is 1.38 bits per heavy atom. The van der Waals surface area contributed by atoms with Crippen molar-refractivity contribution < 1.29 is 14.3 Å². The lowest BCUT2D eigenvalue weighted by Gasteiger charge is -2.29. The summed E-state index contributed by atoms with van der Waals surface area (Å²) in [6, 6.07) is 3.48. The summed E-state index contributed by atoms with van der Waals surface area (Å²) < 4.78 is 5.20. The van der Waals surface area contributed by atoms with E-state index in [1.807, 2.05) is 6.92 Å². The van der Waals surface area contributed by atoms with Crippen LogP contribution in [-0.4, -0.2) is 55.6 Å². The molecule has 0 spiro atoms. The Bertz CT molecular complexity index is 569. The second-order valence-electron chi connectivity index (χ2n) is 6.79. The third kappa shape index (κ3) is 5.87. The zero-order valence-electron chi connectivity index (χ0n) is 15.8. The number of carbonyl (C=O) groups is 1. The van der Waals surface area contributed by atoms with E-state index in [-0.39, 0.29) is 36.4 Å². The van der Waals surface area contributed by atoms with Gasteiger partial charge >= 0.3 is 0 Å². The van der Waals surface area contributed by atoms with Crippen LogP contribution in [0.15, 0.2) is 27.8 Å². The Morgan fingerprint density at radius 3 is 2.62 bits per heavy atom. The normalized spacial score (nSPS) is 17.3. The van der Waals surface area contributed by atoms with Crippen LogP contribution in [0.4, 0.5) is 0 Å². The molecule has 2 rings (SSSR count). The number of furan rings is 1. The lowest BCUT2D eigenvalue weighted by Crippen LogP contribution is -2.43. The molecule has 1 atom stereocenters. The number of nitrogens with one attached hydrogen (secondary N) is 2. The third-order valence-electron chi connectivity index (χ3n) is 4.64. The molecule has 1 unspecified atom stereocenters. The van der Waals surface area contributed by atoms with Crippen LogP contribution in [0.25, 0.3) is 0 Å². The number of amides is 1. The van der Waals surface area contributed by atoms with Gasteiger partial charge in [0.1, 0.15) is 11.9 Å². The highest BCUT2D eigenvalue weighted by Crippen LogP contribution is 2.39. The molecule has 0 aliphatic heterocycles. The highest BCUT2D eigenvalue weighted by atomic mass is 127. The predicted molar refractivity (Wildman–Crippen MR) is 113 cm³/mol.